The highest BCUT2D eigenvalue weighted by Gasteiger charge is 2.22. The lowest BCUT2D eigenvalue weighted by Crippen LogP contribution is -2.34. The van der Waals surface area contributed by atoms with Gasteiger partial charge < -0.3 is 10.1 Å². The Balaban J connectivity index is 1.64. The van der Waals surface area contributed by atoms with Gasteiger partial charge in [-0.05, 0) is 32.3 Å². The maximum Gasteiger partial charge on any atom is 0.223 e. The first-order chi connectivity index (χ1) is 11.6. The number of aryl methyl sites for hydroxylation is 1. The van der Waals surface area contributed by atoms with Crippen LogP contribution in [0.3, 0.4) is 0 Å². The van der Waals surface area contributed by atoms with Crippen LogP contribution >= 0.6 is 0 Å². The van der Waals surface area contributed by atoms with E-state index in [-0.39, 0.29) is 11.8 Å². The number of nitrogens with one attached hydrogen (secondary N) is 1. The summed E-state index contributed by atoms with van der Waals surface area (Å²) in [4.78, 5) is 12.3. The Morgan fingerprint density at radius 1 is 1.25 bits per heavy atom. The number of nitrogens with zero attached hydrogens (tertiary/aromatic N) is 2. The summed E-state index contributed by atoms with van der Waals surface area (Å²) in [6.07, 6.45) is 1.63. The Morgan fingerprint density at radius 2 is 1.96 bits per heavy atom. The Bertz CT molecular complexity index is 688. The van der Waals surface area contributed by atoms with Gasteiger partial charge >= 0.3 is 0 Å². The van der Waals surface area contributed by atoms with E-state index < -0.39 is 0 Å². The molecular weight excluding hydrogens is 302 g/mol. The first-order valence-electron chi connectivity index (χ1n) is 8.57. The smallest absolute Gasteiger partial charge is 0.223 e. The Labute approximate surface area is 143 Å². The summed E-state index contributed by atoms with van der Waals surface area (Å²) in [6, 6.07) is 10.3. The highest BCUT2D eigenvalue weighted by Crippen LogP contribution is 2.17. The van der Waals surface area contributed by atoms with Crippen molar-refractivity contribution in [3.63, 3.8) is 0 Å². The predicted molar refractivity (Wildman–Crippen MR) is 92.6 cm³/mol. The molecule has 5 heteroatoms. The molecular formula is C19H25N3O2. The van der Waals surface area contributed by atoms with Crippen LogP contribution in [0, 0.1) is 19.8 Å². The second-order valence-corrected chi connectivity index (χ2v) is 6.40. The SMILES string of the molecule is Cc1nn(Cc2ccccc2)c(C)c1CNC(=O)C1CCOCC1. The summed E-state index contributed by atoms with van der Waals surface area (Å²) in [5.41, 5.74) is 4.44. The molecule has 0 unspecified atom stereocenters. The molecule has 0 saturated carbocycles. The van der Waals surface area contributed by atoms with Gasteiger partial charge in [0, 0.05) is 36.9 Å². The molecule has 1 aromatic carbocycles. The number of amides is 1. The van der Waals surface area contributed by atoms with Crippen molar-refractivity contribution in [1.29, 1.82) is 0 Å². The van der Waals surface area contributed by atoms with Gasteiger partial charge in [0.15, 0.2) is 0 Å². The third-order valence-electron chi connectivity index (χ3n) is 4.74. The maximum atomic E-state index is 12.3. The van der Waals surface area contributed by atoms with E-state index in [4.69, 9.17) is 4.74 Å². The number of aromatic nitrogens is 2. The van der Waals surface area contributed by atoms with Crippen LogP contribution in [-0.2, 0) is 22.6 Å². The maximum absolute atomic E-state index is 12.3. The van der Waals surface area contributed by atoms with Gasteiger partial charge in [0.1, 0.15) is 0 Å². The van der Waals surface area contributed by atoms with E-state index in [2.05, 4.69) is 29.5 Å². The molecule has 1 amide bonds. The average Bonchev–Trinajstić information content (AvgIpc) is 2.88. The van der Waals surface area contributed by atoms with Crippen LogP contribution < -0.4 is 5.32 Å². The number of ether oxygens (including phenoxy) is 1. The largest absolute Gasteiger partial charge is 0.381 e. The van der Waals surface area contributed by atoms with Crippen molar-refractivity contribution in [2.45, 2.75) is 39.8 Å². The lowest BCUT2D eigenvalue weighted by atomic mass is 9.99. The fourth-order valence-electron chi connectivity index (χ4n) is 3.18. The highest BCUT2D eigenvalue weighted by molar-refractivity contribution is 5.78. The molecule has 1 aliphatic heterocycles. The van der Waals surface area contributed by atoms with Gasteiger partial charge in [-0.25, -0.2) is 0 Å². The van der Waals surface area contributed by atoms with Gasteiger partial charge in [0.05, 0.1) is 12.2 Å². The summed E-state index contributed by atoms with van der Waals surface area (Å²) in [7, 11) is 0. The summed E-state index contributed by atoms with van der Waals surface area (Å²) in [5, 5.41) is 7.72. The molecule has 2 aromatic rings. The summed E-state index contributed by atoms with van der Waals surface area (Å²) in [6.45, 7) is 6.74. The van der Waals surface area contributed by atoms with Crippen LogP contribution in [0.15, 0.2) is 30.3 Å². The zero-order chi connectivity index (χ0) is 16.9. The molecule has 1 N–H and O–H groups in total. The predicted octanol–water partition coefficient (Wildman–Crippen LogP) is 2.59. The van der Waals surface area contributed by atoms with Crippen molar-refractivity contribution in [3.8, 4) is 0 Å². The van der Waals surface area contributed by atoms with Gasteiger partial charge in [-0.1, -0.05) is 30.3 Å². The minimum Gasteiger partial charge on any atom is -0.381 e. The first-order valence-corrected chi connectivity index (χ1v) is 8.57. The second-order valence-electron chi connectivity index (χ2n) is 6.40. The van der Waals surface area contributed by atoms with Crippen molar-refractivity contribution >= 4 is 5.91 Å². The molecule has 3 rings (SSSR count). The lowest BCUT2D eigenvalue weighted by Gasteiger charge is -2.21. The normalized spacial score (nSPS) is 15.4. The quantitative estimate of drug-likeness (QED) is 0.918. The van der Waals surface area contributed by atoms with Crippen molar-refractivity contribution in [3.05, 3.63) is 52.8 Å². The molecule has 0 aliphatic carbocycles. The molecule has 1 aliphatic rings. The van der Waals surface area contributed by atoms with E-state index in [0.717, 1.165) is 36.3 Å². The number of rotatable bonds is 5. The van der Waals surface area contributed by atoms with Crippen molar-refractivity contribution in [2.24, 2.45) is 5.92 Å². The highest BCUT2D eigenvalue weighted by atomic mass is 16.5. The topological polar surface area (TPSA) is 56.2 Å². The van der Waals surface area contributed by atoms with E-state index in [1.165, 1.54) is 5.56 Å². The molecule has 0 radical (unpaired) electrons. The van der Waals surface area contributed by atoms with Crippen LogP contribution in [0.2, 0.25) is 0 Å². The first kappa shape index (κ1) is 16.7. The van der Waals surface area contributed by atoms with Crippen molar-refractivity contribution < 1.29 is 9.53 Å². The van der Waals surface area contributed by atoms with E-state index in [9.17, 15) is 4.79 Å². The summed E-state index contributed by atoms with van der Waals surface area (Å²) in [5.74, 6) is 0.214. The lowest BCUT2D eigenvalue weighted by molar-refractivity contribution is -0.128. The number of carbonyl (C=O) groups is 1. The molecule has 1 aromatic heterocycles. The molecule has 1 saturated heterocycles. The molecule has 0 bridgehead atoms. The Hall–Kier alpha value is -2.14. The summed E-state index contributed by atoms with van der Waals surface area (Å²) >= 11 is 0. The Morgan fingerprint density at radius 3 is 2.67 bits per heavy atom. The third kappa shape index (κ3) is 3.85. The van der Waals surface area contributed by atoms with Crippen LogP contribution in [0.25, 0.3) is 0 Å². The number of carbonyl (C=O) groups excluding carboxylic acids is 1. The zero-order valence-corrected chi connectivity index (χ0v) is 14.4. The number of benzene rings is 1. The average molecular weight is 327 g/mol. The monoisotopic (exact) mass is 327 g/mol. The number of hydrogen-bond acceptors (Lipinski definition) is 3. The van der Waals surface area contributed by atoms with E-state index >= 15 is 0 Å². The molecule has 24 heavy (non-hydrogen) atoms. The summed E-state index contributed by atoms with van der Waals surface area (Å²) < 4.78 is 7.33. The zero-order valence-electron chi connectivity index (χ0n) is 14.4. The molecule has 1 fully saturated rings. The minimum atomic E-state index is 0.0822. The van der Waals surface area contributed by atoms with Crippen LogP contribution in [-0.4, -0.2) is 28.9 Å². The van der Waals surface area contributed by atoms with Crippen LogP contribution in [0.1, 0.15) is 35.4 Å². The van der Waals surface area contributed by atoms with E-state index in [1.54, 1.807) is 0 Å². The van der Waals surface area contributed by atoms with Gasteiger partial charge in [-0.2, -0.15) is 5.10 Å². The molecule has 0 atom stereocenters. The van der Waals surface area contributed by atoms with Gasteiger partial charge in [-0.15, -0.1) is 0 Å². The van der Waals surface area contributed by atoms with Crippen molar-refractivity contribution in [1.82, 2.24) is 15.1 Å². The third-order valence-corrected chi connectivity index (χ3v) is 4.74. The van der Waals surface area contributed by atoms with Crippen LogP contribution in [0.5, 0.6) is 0 Å². The number of hydrogen-bond donors (Lipinski definition) is 1. The van der Waals surface area contributed by atoms with Crippen molar-refractivity contribution in [2.75, 3.05) is 13.2 Å². The van der Waals surface area contributed by atoms with Crippen LogP contribution in [0.4, 0.5) is 0 Å². The van der Waals surface area contributed by atoms with E-state index in [1.807, 2.05) is 29.8 Å². The molecule has 5 nitrogen and oxygen atoms in total. The van der Waals surface area contributed by atoms with Gasteiger partial charge in [0.2, 0.25) is 5.91 Å². The van der Waals surface area contributed by atoms with E-state index in [0.29, 0.717) is 19.8 Å². The standard InChI is InChI=1S/C19H25N3O2/c1-14-18(12-20-19(23)17-8-10-24-11-9-17)15(2)22(21-14)13-16-6-4-3-5-7-16/h3-7,17H,8-13H2,1-2H3,(H,20,23). The second kappa shape index (κ2) is 7.62. The van der Waals surface area contributed by atoms with Gasteiger partial charge in [-0.3, -0.25) is 9.48 Å². The van der Waals surface area contributed by atoms with Gasteiger partial charge in [0.25, 0.3) is 0 Å². The molecule has 2 heterocycles. The fourth-order valence-corrected chi connectivity index (χ4v) is 3.18. The molecule has 128 valence electrons. The minimum absolute atomic E-state index is 0.0822. The molecule has 0 spiro atoms. The fraction of sp³-hybridized carbons (Fsp3) is 0.474. The Kier molecular flexibility index (Phi) is 5.30.